The Bertz CT molecular complexity index is 631. The van der Waals surface area contributed by atoms with E-state index >= 15 is 0 Å². The van der Waals surface area contributed by atoms with Gasteiger partial charge in [-0.05, 0) is 34.6 Å². The molecular formula is C9H9BrN6OS. The number of aromatic amines is 1. The molecule has 0 aliphatic rings. The van der Waals surface area contributed by atoms with Gasteiger partial charge >= 0.3 is 0 Å². The first-order valence-corrected chi connectivity index (χ1v) is 6.44. The highest BCUT2D eigenvalue weighted by Gasteiger charge is 2.10. The first kappa shape index (κ1) is 13.0. The third-order valence-corrected chi connectivity index (χ3v) is 3.84. The summed E-state index contributed by atoms with van der Waals surface area (Å²) in [5, 5.41) is 1.06. The lowest BCUT2D eigenvalue weighted by Crippen LogP contribution is -2.10. The van der Waals surface area contributed by atoms with Gasteiger partial charge < -0.3 is 10.4 Å². The summed E-state index contributed by atoms with van der Waals surface area (Å²) in [6.07, 6.45) is 1.37. The molecule has 0 saturated heterocycles. The van der Waals surface area contributed by atoms with Gasteiger partial charge in [-0.1, -0.05) is 0 Å². The molecule has 2 aromatic heterocycles. The number of aromatic nitrogens is 4. The van der Waals surface area contributed by atoms with Crippen molar-refractivity contribution < 1.29 is 0 Å². The highest BCUT2D eigenvalue weighted by Crippen LogP contribution is 2.32. The van der Waals surface area contributed by atoms with E-state index in [9.17, 15) is 4.79 Å². The van der Waals surface area contributed by atoms with Crippen LogP contribution in [0.2, 0.25) is 0 Å². The van der Waals surface area contributed by atoms with Gasteiger partial charge in [-0.15, -0.1) is 0 Å². The number of hydrogen-bond donors (Lipinski definition) is 3. The van der Waals surface area contributed by atoms with Crippen LogP contribution in [-0.2, 0) is 0 Å². The Morgan fingerprint density at radius 1 is 1.50 bits per heavy atom. The molecule has 2 heterocycles. The van der Waals surface area contributed by atoms with Crippen molar-refractivity contribution in [1.82, 2.24) is 19.9 Å². The molecule has 18 heavy (non-hydrogen) atoms. The van der Waals surface area contributed by atoms with Crippen LogP contribution >= 0.6 is 27.7 Å². The molecule has 0 bridgehead atoms. The molecule has 9 heteroatoms. The molecule has 0 radical (unpaired) electrons. The molecule has 0 aromatic carbocycles. The minimum Gasteiger partial charge on any atom is -0.307 e. The fourth-order valence-corrected chi connectivity index (χ4v) is 2.59. The van der Waals surface area contributed by atoms with E-state index < -0.39 is 0 Å². The van der Waals surface area contributed by atoms with Crippen molar-refractivity contribution in [3.63, 3.8) is 0 Å². The van der Waals surface area contributed by atoms with Gasteiger partial charge in [0.25, 0.3) is 5.56 Å². The van der Waals surface area contributed by atoms with E-state index in [1.807, 2.05) is 0 Å². The third-order valence-electron chi connectivity index (χ3n) is 1.94. The highest BCUT2D eigenvalue weighted by atomic mass is 79.9. The molecule has 0 aliphatic carbocycles. The molecule has 0 unspecified atom stereocenters. The van der Waals surface area contributed by atoms with Crippen LogP contribution in [0.15, 0.2) is 31.8 Å². The minimum absolute atomic E-state index is 0.202. The van der Waals surface area contributed by atoms with Gasteiger partial charge in [-0.25, -0.2) is 20.8 Å². The lowest BCUT2D eigenvalue weighted by atomic mass is 10.5. The van der Waals surface area contributed by atoms with Gasteiger partial charge in [0.15, 0.2) is 11.0 Å². The second-order valence-electron chi connectivity index (χ2n) is 3.28. The number of halogens is 1. The van der Waals surface area contributed by atoms with E-state index in [1.54, 1.807) is 6.92 Å². The Kier molecular flexibility index (Phi) is 3.94. The van der Waals surface area contributed by atoms with Crippen molar-refractivity contribution in [2.45, 2.75) is 17.1 Å². The monoisotopic (exact) mass is 328 g/mol. The topological polar surface area (TPSA) is 110 Å². The van der Waals surface area contributed by atoms with E-state index in [-0.39, 0.29) is 5.56 Å². The fraction of sp³-hybridized carbons (Fsp3) is 0.111. The molecule has 0 saturated carbocycles. The number of H-pyrrole nitrogens is 1. The lowest BCUT2D eigenvalue weighted by Gasteiger charge is -2.06. The number of rotatable bonds is 3. The summed E-state index contributed by atoms with van der Waals surface area (Å²) in [6.45, 7) is 1.75. The normalized spacial score (nSPS) is 10.4. The molecule has 4 N–H and O–H groups in total. The molecule has 0 amide bonds. The number of anilines is 1. The first-order valence-electron chi connectivity index (χ1n) is 4.83. The zero-order chi connectivity index (χ0) is 13.1. The molecule has 0 aliphatic heterocycles. The third kappa shape index (κ3) is 2.86. The van der Waals surface area contributed by atoms with Crippen LogP contribution in [0.3, 0.4) is 0 Å². The van der Waals surface area contributed by atoms with Gasteiger partial charge in [0, 0.05) is 11.8 Å². The number of hydrogen-bond acceptors (Lipinski definition) is 7. The average Bonchev–Trinajstić information content (AvgIpc) is 2.30. The van der Waals surface area contributed by atoms with Crippen molar-refractivity contribution in [3.05, 3.63) is 32.9 Å². The summed E-state index contributed by atoms with van der Waals surface area (Å²) in [7, 11) is 0. The number of hydrazine groups is 1. The Morgan fingerprint density at radius 2 is 2.28 bits per heavy atom. The van der Waals surface area contributed by atoms with Crippen LogP contribution in [0.5, 0.6) is 0 Å². The average molecular weight is 329 g/mol. The van der Waals surface area contributed by atoms with Gasteiger partial charge in [-0.2, -0.15) is 0 Å². The number of aryl methyl sites for hydroxylation is 1. The first-order chi connectivity index (χ1) is 8.60. The van der Waals surface area contributed by atoms with E-state index in [1.165, 1.54) is 24.2 Å². The van der Waals surface area contributed by atoms with Crippen molar-refractivity contribution in [2.24, 2.45) is 5.84 Å². The van der Waals surface area contributed by atoms with Gasteiger partial charge in [0.1, 0.15) is 11.4 Å². The predicted octanol–water partition coefficient (Wildman–Crippen LogP) is 1.07. The zero-order valence-corrected chi connectivity index (χ0v) is 11.7. The number of nitrogens with one attached hydrogen (secondary N) is 2. The summed E-state index contributed by atoms with van der Waals surface area (Å²) in [5.74, 6) is 5.77. The van der Waals surface area contributed by atoms with Crippen molar-refractivity contribution in [1.29, 1.82) is 0 Å². The van der Waals surface area contributed by atoms with Crippen molar-refractivity contribution >= 4 is 33.5 Å². The summed E-state index contributed by atoms with van der Waals surface area (Å²) in [5.41, 5.74) is 2.88. The van der Waals surface area contributed by atoms with E-state index in [2.05, 4.69) is 41.3 Å². The highest BCUT2D eigenvalue weighted by molar-refractivity contribution is 9.10. The SMILES string of the molecule is Cc1cc(=O)[nH]c(Sc2ncnc(NN)c2Br)n1. The predicted molar refractivity (Wildman–Crippen MR) is 71.3 cm³/mol. The maximum Gasteiger partial charge on any atom is 0.251 e. The van der Waals surface area contributed by atoms with Crippen molar-refractivity contribution in [2.75, 3.05) is 5.43 Å². The van der Waals surface area contributed by atoms with E-state index in [0.717, 1.165) is 0 Å². The molecule has 2 rings (SSSR count). The fourth-order valence-electron chi connectivity index (χ4n) is 1.22. The van der Waals surface area contributed by atoms with Crippen molar-refractivity contribution in [3.8, 4) is 0 Å². The standard InChI is InChI=1S/C9H9BrN6OS/c1-4-2-5(17)15-9(14-4)18-8-6(10)7(16-11)12-3-13-8/h2-3H,11H2,1H3,(H,12,13,16)(H,14,15,17). The van der Waals surface area contributed by atoms with Crippen LogP contribution in [0.4, 0.5) is 5.82 Å². The molecule has 0 spiro atoms. The van der Waals surface area contributed by atoms with Gasteiger partial charge in [0.05, 0.1) is 4.47 Å². The molecule has 2 aromatic rings. The molecule has 94 valence electrons. The van der Waals surface area contributed by atoms with E-state index in [4.69, 9.17) is 5.84 Å². The van der Waals surface area contributed by atoms with Gasteiger partial charge in [0.2, 0.25) is 0 Å². The summed E-state index contributed by atoms with van der Waals surface area (Å²) >= 11 is 4.54. The lowest BCUT2D eigenvalue weighted by molar-refractivity contribution is 0.898. The second-order valence-corrected chi connectivity index (χ2v) is 5.05. The maximum absolute atomic E-state index is 11.3. The maximum atomic E-state index is 11.3. The summed E-state index contributed by atoms with van der Waals surface area (Å²) in [6, 6.07) is 1.42. The molecule has 7 nitrogen and oxygen atoms in total. The van der Waals surface area contributed by atoms with Crippen LogP contribution < -0.4 is 16.8 Å². The summed E-state index contributed by atoms with van der Waals surface area (Å²) in [4.78, 5) is 26.2. The molecular weight excluding hydrogens is 320 g/mol. The Morgan fingerprint density at radius 3 is 2.94 bits per heavy atom. The van der Waals surface area contributed by atoms with Crippen LogP contribution in [-0.4, -0.2) is 19.9 Å². The van der Waals surface area contributed by atoms with E-state index in [0.29, 0.717) is 26.2 Å². The number of nitrogen functional groups attached to an aromatic ring is 1. The number of nitrogens with two attached hydrogens (primary N) is 1. The number of nitrogens with zero attached hydrogens (tertiary/aromatic N) is 3. The second kappa shape index (κ2) is 5.46. The van der Waals surface area contributed by atoms with Crippen LogP contribution in [0.25, 0.3) is 0 Å². The van der Waals surface area contributed by atoms with Crippen LogP contribution in [0.1, 0.15) is 5.69 Å². The quantitative estimate of drug-likeness (QED) is 0.334. The van der Waals surface area contributed by atoms with Crippen LogP contribution in [0, 0.1) is 6.92 Å². The molecule has 0 fully saturated rings. The minimum atomic E-state index is -0.202. The summed E-state index contributed by atoms with van der Waals surface area (Å²) < 4.78 is 0.613. The molecule has 0 atom stereocenters. The Labute approximate surface area is 115 Å². The Hall–Kier alpha value is -1.45. The Balaban J connectivity index is 2.37. The zero-order valence-electron chi connectivity index (χ0n) is 9.27. The smallest absolute Gasteiger partial charge is 0.251 e. The largest absolute Gasteiger partial charge is 0.307 e. The van der Waals surface area contributed by atoms with Gasteiger partial charge in [-0.3, -0.25) is 4.79 Å².